The summed E-state index contributed by atoms with van der Waals surface area (Å²) in [5, 5.41) is 0. The minimum atomic E-state index is 0.676. The van der Waals surface area contributed by atoms with Gasteiger partial charge < -0.3 is 10.6 Å². The van der Waals surface area contributed by atoms with Crippen molar-refractivity contribution in [3.05, 3.63) is 0 Å². The van der Waals surface area contributed by atoms with E-state index in [4.69, 9.17) is 5.73 Å². The summed E-state index contributed by atoms with van der Waals surface area (Å²) in [5.74, 6) is 1.68. The molecule has 0 aliphatic heterocycles. The molecule has 14 heavy (non-hydrogen) atoms. The predicted molar refractivity (Wildman–Crippen MR) is 62.3 cm³/mol. The van der Waals surface area contributed by atoms with Crippen molar-refractivity contribution in [3.8, 4) is 0 Å². The maximum Gasteiger partial charge on any atom is 0.00387 e. The van der Waals surface area contributed by atoms with Gasteiger partial charge >= 0.3 is 0 Å². The molecule has 1 atom stereocenters. The van der Waals surface area contributed by atoms with Gasteiger partial charge in [0.15, 0.2) is 0 Å². The Bertz CT molecular complexity index is 152. The van der Waals surface area contributed by atoms with Gasteiger partial charge in [0.25, 0.3) is 0 Å². The van der Waals surface area contributed by atoms with Crippen molar-refractivity contribution < 1.29 is 0 Å². The summed E-state index contributed by atoms with van der Waals surface area (Å²) in [6.07, 6.45) is 4.16. The summed E-state index contributed by atoms with van der Waals surface area (Å²) in [6.45, 7) is 10.2. The van der Waals surface area contributed by atoms with Gasteiger partial charge in [-0.15, -0.1) is 0 Å². The van der Waals surface area contributed by atoms with Crippen LogP contribution in [-0.2, 0) is 0 Å². The Morgan fingerprint density at radius 2 is 1.93 bits per heavy atom. The van der Waals surface area contributed by atoms with Gasteiger partial charge in [0, 0.05) is 12.6 Å². The van der Waals surface area contributed by atoms with Crippen LogP contribution in [-0.4, -0.2) is 30.6 Å². The van der Waals surface area contributed by atoms with Crippen LogP contribution >= 0.6 is 0 Å². The van der Waals surface area contributed by atoms with E-state index in [-0.39, 0.29) is 0 Å². The number of rotatable bonds is 7. The zero-order valence-electron chi connectivity index (χ0n) is 10.00. The molecule has 84 valence electrons. The zero-order chi connectivity index (χ0) is 10.6. The van der Waals surface area contributed by atoms with Crippen molar-refractivity contribution in [2.24, 2.45) is 17.6 Å². The van der Waals surface area contributed by atoms with Crippen LogP contribution in [0.15, 0.2) is 0 Å². The highest BCUT2D eigenvalue weighted by Gasteiger charge is 2.25. The van der Waals surface area contributed by atoms with Crippen LogP contribution in [0.4, 0.5) is 0 Å². The molecule has 1 aliphatic carbocycles. The molecule has 0 aromatic rings. The summed E-state index contributed by atoms with van der Waals surface area (Å²) in [7, 11) is 0. The Hall–Kier alpha value is -0.0800. The van der Waals surface area contributed by atoms with Gasteiger partial charge in [-0.3, -0.25) is 0 Å². The molecule has 1 fully saturated rings. The number of hydrogen-bond acceptors (Lipinski definition) is 2. The normalized spacial score (nSPS) is 19.3. The molecule has 0 radical (unpaired) electrons. The molecule has 1 saturated carbocycles. The molecule has 0 bridgehead atoms. The fourth-order valence-corrected chi connectivity index (χ4v) is 1.70. The van der Waals surface area contributed by atoms with Gasteiger partial charge in [-0.25, -0.2) is 0 Å². The van der Waals surface area contributed by atoms with Gasteiger partial charge in [0.1, 0.15) is 0 Å². The number of nitrogens with two attached hydrogens (primary N) is 1. The van der Waals surface area contributed by atoms with Gasteiger partial charge in [-0.05, 0) is 58.0 Å². The second kappa shape index (κ2) is 5.72. The first-order valence-electron chi connectivity index (χ1n) is 6.07. The molecular weight excluding hydrogens is 172 g/mol. The largest absolute Gasteiger partial charge is 0.330 e. The molecule has 1 unspecified atom stereocenters. The van der Waals surface area contributed by atoms with Crippen molar-refractivity contribution in [3.63, 3.8) is 0 Å². The van der Waals surface area contributed by atoms with Crippen molar-refractivity contribution in [2.45, 2.75) is 46.1 Å². The monoisotopic (exact) mass is 198 g/mol. The van der Waals surface area contributed by atoms with Gasteiger partial charge in [-0.2, -0.15) is 0 Å². The Kier molecular flexibility index (Phi) is 4.90. The second-order valence-electron chi connectivity index (χ2n) is 5.16. The maximum absolute atomic E-state index is 5.63. The highest BCUT2D eigenvalue weighted by Crippen LogP contribution is 2.30. The predicted octanol–water partition coefficient (Wildman–Crippen LogP) is 2.09. The third-order valence-electron chi connectivity index (χ3n) is 3.23. The SMILES string of the molecule is CC(CN)CCN(CC1CC1)C(C)C. The van der Waals surface area contributed by atoms with Gasteiger partial charge in [0.2, 0.25) is 0 Å². The molecule has 2 heteroatoms. The standard InChI is InChI=1S/C12H26N2/c1-10(2)14(9-12-4-5-12)7-6-11(3)8-13/h10-12H,4-9,13H2,1-3H3. The van der Waals surface area contributed by atoms with Crippen LogP contribution < -0.4 is 5.73 Å². The first-order chi connectivity index (χ1) is 6.63. The smallest absolute Gasteiger partial charge is 0.00387 e. The number of hydrogen-bond donors (Lipinski definition) is 1. The summed E-state index contributed by atoms with van der Waals surface area (Å²) in [5.41, 5.74) is 5.63. The Labute approximate surface area is 88.8 Å². The van der Waals surface area contributed by atoms with Gasteiger partial charge in [-0.1, -0.05) is 6.92 Å². The average molecular weight is 198 g/mol. The molecule has 0 saturated heterocycles. The third kappa shape index (κ3) is 4.43. The lowest BCUT2D eigenvalue weighted by atomic mass is 10.1. The molecule has 0 heterocycles. The fraction of sp³-hybridized carbons (Fsp3) is 1.00. The van der Waals surface area contributed by atoms with Crippen LogP contribution in [0.5, 0.6) is 0 Å². The van der Waals surface area contributed by atoms with E-state index in [1.54, 1.807) is 0 Å². The lowest BCUT2D eigenvalue weighted by Crippen LogP contribution is -2.35. The topological polar surface area (TPSA) is 29.3 Å². The Morgan fingerprint density at radius 3 is 2.36 bits per heavy atom. The average Bonchev–Trinajstić information content (AvgIpc) is 2.94. The van der Waals surface area contributed by atoms with Gasteiger partial charge in [0.05, 0.1) is 0 Å². The lowest BCUT2D eigenvalue weighted by molar-refractivity contribution is 0.200. The maximum atomic E-state index is 5.63. The molecule has 0 aromatic carbocycles. The summed E-state index contributed by atoms with van der Waals surface area (Å²) >= 11 is 0. The van der Waals surface area contributed by atoms with Crippen molar-refractivity contribution >= 4 is 0 Å². The van der Waals surface area contributed by atoms with E-state index < -0.39 is 0 Å². The van der Waals surface area contributed by atoms with Crippen molar-refractivity contribution in [1.29, 1.82) is 0 Å². The van der Waals surface area contributed by atoms with E-state index in [1.807, 2.05) is 0 Å². The molecule has 1 rings (SSSR count). The zero-order valence-corrected chi connectivity index (χ0v) is 10.00. The minimum absolute atomic E-state index is 0.676. The van der Waals surface area contributed by atoms with E-state index in [2.05, 4.69) is 25.7 Å². The molecule has 1 aliphatic rings. The first-order valence-corrected chi connectivity index (χ1v) is 6.07. The molecular formula is C12H26N2. The summed E-state index contributed by atoms with van der Waals surface area (Å²) in [6, 6.07) is 0.695. The summed E-state index contributed by atoms with van der Waals surface area (Å²) < 4.78 is 0. The molecule has 2 nitrogen and oxygen atoms in total. The van der Waals surface area contributed by atoms with Crippen LogP contribution in [0.2, 0.25) is 0 Å². The van der Waals surface area contributed by atoms with E-state index in [0.717, 1.165) is 12.5 Å². The van der Waals surface area contributed by atoms with Crippen LogP contribution in [0.1, 0.15) is 40.0 Å². The molecule has 0 amide bonds. The van der Waals surface area contributed by atoms with Crippen molar-refractivity contribution in [1.82, 2.24) is 4.90 Å². The lowest BCUT2D eigenvalue weighted by Gasteiger charge is -2.27. The second-order valence-corrected chi connectivity index (χ2v) is 5.16. The Balaban J connectivity index is 2.19. The summed E-state index contributed by atoms with van der Waals surface area (Å²) in [4.78, 5) is 2.61. The fourth-order valence-electron chi connectivity index (χ4n) is 1.70. The van der Waals surface area contributed by atoms with E-state index in [1.165, 1.54) is 32.4 Å². The highest BCUT2D eigenvalue weighted by atomic mass is 15.1. The van der Waals surface area contributed by atoms with E-state index in [0.29, 0.717) is 12.0 Å². The number of nitrogens with zero attached hydrogens (tertiary/aromatic N) is 1. The van der Waals surface area contributed by atoms with Crippen LogP contribution in [0.25, 0.3) is 0 Å². The van der Waals surface area contributed by atoms with Crippen LogP contribution in [0.3, 0.4) is 0 Å². The highest BCUT2D eigenvalue weighted by molar-refractivity contribution is 4.79. The van der Waals surface area contributed by atoms with Crippen LogP contribution in [0, 0.1) is 11.8 Å². The van der Waals surface area contributed by atoms with E-state index >= 15 is 0 Å². The Morgan fingerprint density at radius 1 is 1.29 bits per heavy atom. The first kappa shape index (κ1) is 12.0. The molecule has 0 aromatic heterocycles. The van der Waals surface area contributed by atoms with E-state index in [9.17, 15) is 0 Å². The molecule has 0 spiro atoms. The van der Waals surface area contributed by atoms with Crippen molar-refractivity contribution in [2.75, 3.05) is 19.6 Å². The third-order valence-corrected chi connectivity index (χ3v) is 3.23. The quantitative estimate of drug-likeness (QED) is 0.679. The minimum Gasteiger partial charge on any atom is -0.330 e. The molecule has 2 N–H and O–H groups in total.